The van der Waals surface area contributed by atoms with Crippen molar-refractivity contribution in [3.8, 4) is 0 Å². The van der Waals surface area contributed by atoms with Crippen LogP contribution in [0.3, 0.4) is 0 Å². The predicted molar refractivity (Wildman–Crippen MR) is 85.7 cm³/mol. The summed E-state index contributed by atoms with van der Waals surface area (Å²) >= 11 is 3.49. The van der Waals surface area contributed by atoms with Crippen LogP contribution in [-0.4, -0.2) is 16.0 Å². The van der Waals surface area contributed by atoms with Crippen molar-refractivity contribution in [3.63, 3.8) is 0 Å². The summed E-state index contributed by atoms with van der Waals surface area (Å²) < 4.78 is 0. The van der Waals surface area contributed by atoms with Crippen molar-refractivity contribution in [3.05, 3.63) is 32.2 Å². The van der Waals surface area contributed by atoms with Crippen molar-refractivity contribution in [2.24, 2.45) is 0 Å². The Morgan fingerprint density at radius 3 is 2.45 bits per heavy atom. The highest BCUT2D eigenvalue weighted by atomic mass is 32.1. The first kappa shape index (κ1) is 14.2. The van der Waals surface area contributed by atoms with Gasteiger partial charge in [-0.3, -0.25) is 0 Å². The van der Waals surface area contributed by atoms with E-state index in [4.69, 9.17) is 4.98 Å². The number of aryl methyl sites for hydroxylation is 1. The van der Waals surface area contributed by atoms with E-state index in [0.29, 0.717) is 6.04 Å². The first-order chi connectivity index (χ1) is 9.43. The maximum atomic E-state index is 4.87. The maximum absolute atomic E-state index is 4.87. The largest absolute Gasteiger partial charge is 0.300 e. The van der Waals surface area contributed by atoms with Crippen molar-refractivity contribution in [2.75, 3.05) is 0 Å². The molecule has 2 aromatic rings. The van der Waals surface area contributed by atoms with E-state index >= 15 is 0 Å². The van der Waals surface area contributed by atoms with Gasteiger partial charge in [-0.2, -0.15) is 0 Å². The smallest absolute Gasteiger partial charge is 0.116 e. The lowest BCUT2D eigenvalue weighted by molar-refractivity contribution is 0.560. The second kappa shape index (κ2) is 5.20. The van der Waals surface area contributed by atoms with Gasteiger partial charge in [-0.05, 0) is 19.8 Å². The standard InChI is InChI=1S/C15H21N3S2/c1-9-7-19-13(16-9)12(17-10-5-6-10)11-8-20-14(18-11)15(2,3)4/h7-8,10,12,17H,5-6H2,1-4H3. The normalized spacial score (nSPS) is 17.4. The Balaban J connectivity index is 1.90. The molecule has 20 heavy (non-hydrogen) atoms. The van der Waals surface area contributed by atoms with E-state index in [1.807, 2.05) is 0 Å². The molecule has 2 aromatic heterocycles. The van der Waals surface area contributed by atoms with Gasteiger partial charge in [0.1, 0.15) is 11.0 Å². The summed E-state index contributed by atoms with van der Waals surface area (Å²) in [6.07, 6.45) is 2.55. The van der Waals surface area contributed by atoms with E-state index < -0.39 is 0 Å². The molecule has 0 aliphatic heterocycles. The van der Waals surface area contributed by atoms with E-state index in [-0.39, 0.29) is 11.5 Å². The zero-order chi connectivity index (χ0) is 14.3. The van der Waals surface area contributed by atoms with Crippen LogP contribution in [0.15, 0.2) is 10.8 Å². The minimum atomic E-state index is 0.117. The number of nitrogens with zero attached hydrogens (tertiary/aromatic N) is 2. The van der Waals surface area contributed by atoms with Crippen LogP contribution in [0.25, 0.3) is 0 Å². The molecule has 0 aromatic carbocycles. The second-order valence-corrected chi connectivity index (χ2v) is 8.28. The van der Waals surface area contributed by atoms with Crippen LogP contribution in [-0.2, 0) is 5.41 Å². The van der Waals surface area contributed by atoms with Gasteiger partial charge in [-0.1, -0.05) is 20.8 Å². The highest BCUT2D eigenvalue weighted by molar-refractivity contribution is 7.10. The molecule has 1 fully saturated rings. The fourth-order valence-corrected chi connectivity index (χ4v) is 3.84. The molecule has 1 N–H and O–H groups in total. The fourth-order valence-electron chi connectivity index (χ4n) is 2.04. The van der Waals surface area contributed by atoms with Crippen LogP contribution in [0.4, 0.5) is 0 Å². The Bertz CT molecular complexity index is 590. The molecule has 0 saturated heterocycles. The van der Waals surface area contributed by atoms with Gasteiger partial charge in [0.05, 0.1) is 10.7 Å². The Labute approximate surface area is 128 Å². The van der Waals surface area contributed by atoms with Crippen LogP contribution in [0, 0.1) is 6.92 Å². The number of hydrogen-bond acceptors (Lipinski definition) is 5. The lowest BCUT2D eigenvalue weighted by atomic mass is 9.98. The highest BCUT2D eigenvalue weighted by Gasteiger charge is 2.30. The summed E-state index contributed by atoms with van der Waals surface area (Å²) in [5.41, 5.74) is 2.34. The lowest BCUT2D eigenvalue weighted by Crippen LogP contribution is -2.25. The van der Waals surface area contributed by atoms with Crippen molar-refractivity contribution in [1.29, 1.82) is 0 Å². The van der Waals surface area contributed by atoms with Gasteiger partial charge in [0.25, 0.3) is 0 Å². The Morgan fingerprint density at radius 2 is 1.95 bits per heavy atom. The molecule has 0 radical (unpaired) electrons. The quantitative estimate of drug-likeness (QED) is 0.926. The van der Waals surface area contributed by atoms with Crippen molar-refractivity contribution in [2.45, 2.75) is 58.0 Å². The predicted octanol–water partition coefficient (Wildman–Crippen LogP) is 4.05. The van der Waals surface area contributed by atoms with Gasteiger partial charge in [0.15, 0.2) is 0 Å². The van der Waals surface area contributed by atoms with E-state index in [0.717, 1.165) is 16.4 Å². The Morgan fingerprint density at radius 1 is 1.20 bits per heavy atom. The van der Waals surface area contributed by atoms with Gasteiger partial charge in [-0.15, -0.1) is 22.7 Å². The molecule has 3 rings (SSSR count). The van der Waals surface area contributed by atoms with Crippen LogP contribution in [0.1, 0.15) is 61.1 Å². The highest BCUT2D eigenvalue weighted by Crippen LogP contribution is 2.33. The first-order valence-corrected chi connectivity index (χ1v) is 8.83. The first-order valence-electron chi connectivity index (χ1n) is 7.07. The zero-order valence-electron chi connectivity index (χ0n) is 12.4. The van der Waals surface area contributed by atoms with Crippen LogP contribution in [0.5, 0.6) is 0 Å². The fraction of sp³-hybridized carbons (Fsp3) is 0.600. The molecule has 1 atom stereocenters. The van der Waals surface area contributed by atoms with Gasteiger partial charge in [0.2, 0.25) is 0 Å². The van der Waals surface area contributed by atoms with Crippen LogP contribution >= 0.6 is 22.7 Å². The second-order valence-electron chi connectivity index (χ2n) is 6.53. The Hall–Kier alpha value is -0.780. The summed E-state index contributed by atoms with van der Waals surface area (Å²) in [6, 6.07) is 0.803. The summed E-state index contributed by atoms with van der Waals surface area (Å²) in [6.45, 7) is 8.70. The summed E-state index contributed by atoms with van der Waals surface area (Å²) in [5, 5.41) is 10.3. The summed E-state index contributed by atoms with van der Waals surface area (Å²) in [5.74, 6) is 0. The minimum Gasteiger partial charge on any atom is -0.300 e. The summed E-state index contributed by atoms with van der Waals surface area (Å²) in [7, 11) is 0. The van der Waals surface area contributed by atoms with Gasteiger partial charge >= 0.3 is 0 Å². The van der Waals surface area contributed by atoms with Gasteiger partial charge in [-0.25, -0.2) is 9.97 Å². The number of aromatic nitrogens is 2. The topological polar surface area (TPSA) is 37.8 Å². The number of hydrogen-bond donors (Lipinski definition) is 1. The van der Waals surface area contributed by atoms with Crippen LogP contribution in [0.2, 0.25) is 0 Å². The molecule has 1 aliphatic carbocycles. The third kappa shape index (κ3) is 3.10. The monoisotopic (exact) mass is 307 g/mol. The molecule has 1 unspecified atom stereocenters. The third-order valence-corrected chi connectivity index (χ3v) is 5.64. The van der Waals surface area contributed by atoms with Crippen molar-refractivity contribution in [1.82, 2.24) is 15.3 Å². The van der Waals surface area contributed by atoms with E-state index in [2.05, 4.69) is 48.8 Å². The number of nitrogens with one attached hydrogen (secondary N) is 1. The Kier molecular flexibility index (Phi) is 3.69. The molecule has 1 aliphatic rings. The molecule has 0 bridgehead atoms. The summed E-state index contributed by atoms with van der Waals surface area (Å²) in [4.78, 5) is 9.53. The molecule has 1 saturated carbocycles. The average Bonchev–Trinajstić information content (AvgIpc) is 2.88. The van der Waals surface area contributed by atoms with Crippen molar-refractivity contribution >= 4 is 22.7 Å². The molecular weight excluding hydrogens is 286 g/mol. The van der Waals surface area contributed by atoms with Gasteiger partial charge < -0.3 is 5.32 Å². The zero-order valence-corrected chi connectivity index (χ0v) is 14.1. The number of thiazole rings is 2. The average molecular weight is 307 g/mol. The molecule has 2 heterocycles. The van der Waals surface area contributed by atoms with Gasteiger partial charge in [0, 0.05) is 27.9 Å². The lowest BCUT2D eigenvalue weighted by Gasteiger charge is -2.16. The van der Waals surface area contributed by atoms with E-state index in [1.165, 1.54) is 17.8 Å². The minimum absolute atomic E-state index is 0.117. The molecule has 0 spiro atoms. The SMILES string of the molecule is Cc1csc(C(NC2CC2)c2csc(C(C)(C)C)n2)n1. The van der Waals surface area contributed by atoms with Crippen molar-refractivity contribution < 1.29 is 0 Å². The molecule has 3 nitrogen and oxygen atoms in total. The number of rotatable bonds is 4. The third-order valence-electron chi connectivity index (χ3n) is 3.32. The van der Waals surface area contributed by atoms with E-state index in [9.17, 15) is 0 Å². The molecule has 5 heteroatoms. The van der Waals surface area contributed by atoms with E-state index in [1.54, 1.807) is 22.7 Å². The maximum Gasteiger partial charge on any atom is 0.116 e. The molecular formula is C15H21N3S2. The molecule has 0 amide bonds. The molecule has 108 valence electrons. The van der Waals surface area contributed by atoms with Crippen LogP contribution < -0.4 is 5.32 Å².